The third-order valence-electron chi connectivity index (χ3n) is 3.32. The molecule has 3 aromatic rings. The number of esters is 1. The van der Waals surface area contributed by atoms with Crippen LogP contribution in [-0.4, -0.2) is 5.97 Å². The lowest BCUT2D eigenvalue weighted by molar-refractivity contribution is 0.0437. The maximum Gasteiger partial charge on any atom is 0.374 e. The second kappa shape index (κ2) is 6.63. The Balaban J connectivity index is 1.68. The molecule has 23 heavy (non-hydrogen) atoms. The Labute approximate surface area is 133 Å². The molecule has 1 heterocycles. The van der Waals surface area contributed by atoms with E-state index in [2.05, 4.69) is 6.07 Å². The summed E-state index contributed by atoms with van der Waals surface area (Å²) in [6.07, 6.45) is 0. The highest BCUT2D eigenvalue weighted by molar-refractivity contribution is 5.87. The normalized spacial score (nSPS) is 10.0. The van der Waals surface area contributed by atoms with Crippen molar-refractivity contribution in [2.75, 3.05) is 0 Å². The zero-order valence-electron chi connectivity index (χ0n) is 12.2. The van der Waals surface area contributed by atoms with Crippen molar-refractivity contribution in [3.63, 3.8) is 0 Å². The smallest absolute Gasteiger partial charge is 0.374 e. The monoisotopic (exact) mass is 303 g/mol. The molecule has 0 aliphatic rings. The number of furan rings is 1. The standard InChI is InChI=1S/C19H13NO3/c20-12-14-6-8-16(9-7-14)17-10-11-18(23-17)19(21)22-13-15-4-2-1-3-5-15/h1-11H,13H2. The molecule has 4 heteroatoms. The third kappa shape index (κ3) is 3.47. The summed E-state index contributed by atoms with van der Waals surface area (Å²) in [5.74, 6) is 0.204. The van der Waals surface area contributed by atoms with E-state index >= 15 is 0 Å². The Kier molecular flexibility index (Phi) is 4.21. The zero-order valence-corrected chi connectivity index (χ0v) is 12.2. The average molecular weight is 303 g/mol. The molecule has 0 atom stereocenters. The van der Waals surface area contributed by atoms with Crippen LogP contribution in [0.1, 0.15) is 21.7 Å². The summed E-state index contributed by atoms with van der Waals surface area (Å²) in [6.45, 7) is 0.201. The zero-order chi connectivity index (χ0) is 16.1. The van der Waals surface area contributed by atoms with Gasteiger partial charge in [0.2, 0.25) is 5.76 Å². The molecule has 0 saturated heterocycles. The van der Waals surface area contributed by atoms with Crippen LogP contribution in [0.4, 0.5) is 0 Å². The minimum absolute atomic E-state index is 0.153. The quantitative estimate of drug-likeness (QED) is 0.678. The predicted molar refractivity (Wildman–Crippen MR) is 84.4 cm³/mol. The van der Waals surface area contributed by atoms with Gasteiger partial charge in [-0.15, -0.1) is 0 Å². The molecular weight excluding hydrogens is 290 g/mol. The van der Waals surface area contributed by atoms with Gasteiger partial charge in [0.25, 0.3) is 0 Å². The van der Waals surface area contributed by atoms with Gasteiger partial charge in [0.1, 0.15) is 12.4 Å². The molecule has 0 amide bonds. The van der Waals surface area contributed by atoms with Crippen molar-refractivity contribution in [3.05, 3.63) is 83.6 Å². The molecule has 1 aromatic heterocycles. The number of ether oxygens (including phenoxy) is 1. The minimum atomic E-state index is -0.506. The second-order valence-corrected chi connectivity index (χ2v) is 4.91. The van der Waals surface area contributed by atoms with Gasteiger partial charge in [-0.05, 0) is 42.0 Å². The molecule has 0 bridgehead atoms. The Morgan fingerprint density at radius 1 is 1.00 bits per heavy atom. The van der Waals surface area contributed by atoms with Gasteiger partial charge in [0, 0.05) is 5.56 Å². The molecule has 0 radical (unpaired) electrons. The van der Waals surface area contributed by atoms with Gasteiger partial charge >= 0.3 is 5.97 Å². The van der Waals surface area contributed by atoms with Crippen LogP contribution < -0.4 is 0 Å². The lowest BCUT2D eigenvalue weighted by atomic mass is 10.1. The molecule has 0 aliphatic heterocycles. The number of benzene rings is 2. The van der Waals surface area contributed by atoms with Gasteiger partial charge in [0.15, 0.2) is 0 Å². The molecule has 4 nitrogen and oxygen atoms in total. The van der Waals surface area contributed by atoms with Crippen molar-refractivity contribution in [1.29, 1.82) is 5.26 Å². The highest BCUT2D eigenvalue weighted by atomic mass is 16.5. The van der Waals surface area contributed by atoms with Crippen LogP contribution in [0.15, 0.2) is 71.1 Å². The number of nitrogens with zero attached hydrogens (tertiary/aromatic N) is 1. The van der Waals surface area contributed by atoms with Gasteiger partial charge in [-0.1, -0.05) is 30.3 Å². The van der Waals surface area contributed by atoms with Crippen LogP contribution in [0, 0.1) is 11.3 Å². The summed E-state index contributed by atoms with van der Waals surface area (Å²) >= 11 is 0. The van der Waals surface area contributed by atoms with E-state index in [1.807, 2.05) is 30.3 Å². The first-order valence-corrected chi connectivity index (χ1v) is 7.08. The molecule has 0 fully saturated rings. The first-order chi connectivity index (χ1) is 11.3. The van der Waals surface area contributed by atoms with E-state index in [1.165, 1.54) is 0 Å². The minimum Gasteiger partial charge on any atom is -0.455 e. The molecule has 112 valence electrons. The second-order valence-electron chi connectivity index (χ2n) is 4.91. The lowest BCUT2D eigenvalue weighted by Crippen LogP contribution is -2.03. The number of carbonyl (C=O) groups is 1. The van der Waals surface area contributed by atoms with Crippen molar-refractivity contribution in [2.24, 2.45) is 0 Å². The fourth-order valence-corrected chi connectivity index (χ4v) is 2.11. The van der Waals surface area contributed by atoms with E-state index in [0.29, 0.717) is 11.3 Å². The molecular formula is C19H13NO3. The number of hydrogen-bond donors (Lipinski definition) is 0. The van der Waals surface area contributed by atoms with Crippen molar-refractivity contribution < 1.29 is 13.9 Å². The Morgan fingerprint density at radius 2 is 1.74 bits per heavy atom. The summed E-state index contributed by atoms with van der Waals surface area (Å²) < 4.78 is 10.8. The van der Waals surface area contributed by atoms with E-state index in [4.69, 9.17) is 14.4 Å². The molecule has 0 spiro atoms. The summed E-state index contributed by atoms with van der Waals surface area (Å²) in [5, 5.41) is 8.79. The van der Waals surface area contributed by atoms with Gasteiger partial charge < -0.3 is 9.15 Å². The van der Waals surface area contributed by atoms with Gasteiger partial charge in [-0.2, -0.15) is 5.26 Å². The van der Waals surface area contributed by atoms with Crippen LogP contribution in [-0.2, 0) is 11.3 Å². The first kappa shape index (κ1) is 14.6. The summed E-state index contributed by atoms with van der Waals surface area (Å²) in [4.78, 5) is 12.0. The number of hydrogen-bond acceptors (Lipinski definition) is 4. The van der Waals surface area contributed by atoms with Crippen molar-refractivity contribution >= 4 is 5.97 Å². The highest BCUT2D eigenvalue weighted by Crippen LogP contribution is 2.23. The molecule has 0 N–H and O–H groups in total. The third-order valence-corrected chi connectivity index (χ3v) is 3.32. The lowest BCUT2D eigenvalue weighted by Gasteiger charge is -2.02. The van der Waals surface area contributed by atoms with Crippen molar-refractivity contribution in [1.82, 2.24) is 0 Å². The molecule has 0 saturated carbocycles. The van der Waals surface area contributed by atoms with Crippen LogP contribution in [0.2, 0.25) is 0 Å². The summed E-state index contributed by atoms with van der Waals surface area (Å²) in [5.41, 5.74) is 2.29. The molecule has 0 unspecified atom stereocenters. The Bertz CT molecular complexity index is 842. The van der Waals surface area contributed by atoms with Gasteiger partial charge in [-0.3, -0.25) is 0 Å². The van der Waals surface area contributed by atoms with Crippen molar-refractivity contribution in [2.45, 2.75) is 6.61 Å². The van der Waals surface area contributed by atoms with E-state index in [-0.39, 0.29) is 12.4 Å². The first-order valence-electron chi connectivity index (χ1n) is 7.08. The van der Waals surface area contributed by atoms with Gasteiger partial charge in [0.05, 0.1) is 11.6 Å². The number of rotatable bonds is 4. The molecule has 0 aliphatic carbocycles. The van der Waals surface area contributed by atoms with E-state index in [1.54, 1.807) is 36.4 Å². The SMILES string of the molecule is N#Cc1ccc(-c2ccc(C(=O)OCc3ccccc3)o2)cc1. The molecule has 3 rings (SSSR count). The maximum atomic E-state index is 12.0. The van der Waals surface area contributed by atoms with Crippen molar-refractivity contribution in [3.8, 4) is 17.4 Å². The number of carbonyl (C=O) groups excluding carboxylic acids is 1. The Morgan fingerprint density at radius 3 is 2.43 bits per heavy atom. The average Bonchev–Trinajstić information content (AvgIpc) is 3.11. The predicted octanol–water partition coefficient (Wildman–Crippen LogP) is 4.18. The van der Waals surface area contributed by atoms with Crippen LogP contribution in [0.5, 0.6) is 0 Å². The molecule has 2 aromatic carbocycles. The largest absolute Gasteiger partial charge is 0.455 e. The van der Waals surface area contributed by atoms with E-state index < -0.39 is 5.97 Å². The highest BCUT2D eigenvalue weighted by Gasteiger charge is 2.13. The number of nitriles is 1. The maximum absolute atomic E-state index is 12.0. The van der Waals surface area contributed by atoms with E-state index in [0.717, 1.165) is 11.1 Å². The van der Waals surface area contributed by atoms with Gasteiger partial charge in [-0.25, -0.2) is 4.79 Å². The van der Waals surface area contributed by atoms with Crippen LogP contribution in [0.3, 0.4) is 0 Å². The summed E-state index contributed by atoms with van der Waals surface area (Å²) in [7, 11) is 0. The Hall–Kier alpha value is -3.32. The van der Waals surface area contributed by atoms with Crippen LogP contribution in [0.25, 0.3) is 11.3 Å². The topological polar surface area (TPSA) is 63.2 Å². The van der Waals surface area contributed by atoms with Crippen LogP contribution >= 0.6 is 0 Å². The summed E-state index contributed by atoms with van der Waals surface area (Å²) in [6, 6.07) is 21.8. The fourth-order valence-electron chi connectivity index (χ4n) is 2.11. The fraction of sp³-hybridized carbons (Fsp3) is 0.0526. The van der Waals surface area contributed by atoms with E-state index in [9.17, 15) is 4.79 Å².